The summed E-state index contributed by atoms with van der Waals surface area (Å²) in [6, 6.07) is 0. The predicted octanol–water partition coefficient (Wildman–Crippen LogP) is 1.48. The second kappa shape index (κ2) is 6.01. The van der Waals surface area contributed by atoms with Crippen molar-refractivity contribution in [3.8, 4) is 0 Å². The number of nitrogens with zero attached hydrogens (tertiary/aromatic N) is 5. The maximum atomic E-state index is 11.5. The Bertz CT molecular complexity index is 699. The maximum absolute atomic E-state index is 11.5. The molecule has 0 spiro atoms. The van der Waals surface area contributed by atoms with Gasteiger partial charge in [0, 0.05) is 6.54 Å². The standard InChI is InChI=1S/C9H9ClN6O3S/c1-2-3-15-8(17)13-14-9(15)20-7-5(16(18)19)6(10)11-4-12-7/h4H,2-3H2,1H3,(H,13,17). The summed E-state index contributed by atoms with van der Waals surface area (Å²) >= 11 is 6.58. The normalized spacial score (nSPS) is 10.7. The average Bonchev–Trinajstić information content (AvgIpc) is 2.72. The predicted molar refractivity (Wildman–Crippen MR) is 71.0 cm³/mol. The molecule has 0 aliphatic heterocycles. The third-order valence-electron chi connectivity index (χ3n) is 2.29. The van der Waals surface area contributed by atoms with E-state index in [1.54, 1.807) is 0 Å². The molecule has 2 rings (SSSR count). The SMILES string of the molecule is CCCn1c(Sc2ncnc(Cl)c2[N+](=O)[O-])n[nH]c1=O. The minimum absolute atomic E-state index is 0.0337. The van der Waals surface area contributed by atoms with Gasteiger partial charge in [0.05, 0.1) is 4.92 Å². The highest BCUT2D eigenvalue weighted by Gasteiger charge is 2.24. The molecule has 0 amide bonds. The van der Waals surface area contributed by atoms with E-state index in [0.717, 1.165) is 24.5 Å². The average molecular weight is 317 g/mol. The van der Waals surface area contributed by atoms with Crippen LogP contribution in [0.2, 0.25) is 5.15 Å². The lowest BCUT2D eigenvalue weighted by Crippen LogP contribution is -2.17. The Kier molecular flexibility index (Phi) is 4.35. The van der Waals surface area contributed by atoms with E-state index in [1.807, 2.05) is 6.92 Å². The lowest BCUT2D eigenvalue weighted by atomic mass is 10.5. The van der Waals surface area contributed by atoms with E-state index in [1.165, 1.54) is 4.57 Å². The van der Waals surface area contributed by atoms with Crippen molar-refractivity contribution in [1.29, 1.82) is 0 Å². The molecule has 1 N–H and O–H groups in total. The fraction of sp³-hybridized carbons (Fsp3) is 0.333. The monoisotopic (exact) mass is 316 g/mol. The van der Waals surface area contributed by atoms with E-state index in [4.69, 9.17) is 11.6 Å². The molecule has 0 radical (unpaired) electrons. The molecule has 2 heterocycles. The van der Waals surface area contributed by atoms with Gasteiger partial charge in [-0.05, 0) is 18.2 Å². The van der Waals surface area contributed by atoms with E-state index in [2.05, 4.69) is 20.2 Å². The van der Waals surface area contributed by atoms with Crippen molar-refractivity contribution in [2.75, 3.05) is 0 Å². The van der Waals surface area contributed by atoms with Crippen molar-refractivity contribution in [3.05, 3.63) is 32.1 Å². The fourth-order valence-electron chi connectivity index (χ4n) is 1.46. The smallest absolute Gasteiger partial charge is 0.270 e. The van der Waals surface area contributed by atoms with Gasteiger partial charge in [0.1, 0.15) is 6.33 Å². The van der Waals surface area contributed by atoms with Gasteiger partial charge in [-0.15, -0.1) is 5.10 Å². The van der Waals surface area contributed by atoms with Crippen LogP contribution < -0.4 is 5.69 Å². The minimum Gasteiger partial charge on any atom is -0.270 e. The van der Waals surface area contributed by atoms with Crippen LogP contribution in [0.4, 0.5) is 5.69 Å². The van der Waals surface area contributed by atoms with E-state index in [9.17, 15) is 14.9 Å². The van der Waals surface area contributed by atoms with Gasteiger partial charge in [-0.25, -0.2) is 19.9 Å². The van der Waals surface area contributed by atoms with Gasteiger partial charge in [0.15, 0.2) is 10.2 Å². The Morgan fingerprint density at radius 3 is 2.95 bits per heavy atom. The van der Waals surface area contributed by atoms with Crippen molar-refractivity contribution < 1.29 is 4.92 Å². The van der Waals surface area contributed by atoms with E-state index in [-0.39, 0.29) is 21.0 Å². The topological polar surface area (TPSA) is 120 Å². The van der Waals surface area contributed by atoms with Crippen molar-refractivity contribution in [3.63, 3.8) is 0 Å². The molecule has 2 aromatic heterocycles. The van der Waals surface area contributed by atoms with Crippen molar-refractivity contribution in [2.24, 2.45) is 0 Å². The highest BCUT2D eigenvalue weighted by atomic mass is 35.5. The highest BCUT2D eigenvalue weighted by molar-refractivity contribution is 7.99. The van der Waals surface area contributed by atoms with Gasteiger partial charge < -0.3 is 0 Å². The quantitative estimate of drug-likeness (QED) is 0.504. The number of rotatable bonds is 5. The Labute approximate surface area is 121 Å². The largest absolute Gasteiger partial charge is 0.343 e. The molecule has 0 aromatic carbocycles. The van der Waals surface area contributed by atoms with Gasteiger partial charge in [0.25, 0.3) is 0 Å². The number of hydrogen-bond donors (Lipinski definition) is 1. The molecule has 0 aliphatic rings. The summed E-state index contributed by atoms with van der Waals surface area (Å²) < 4.78 is 1.38. The van der Waals surface area contributed by atoms with Crippen LogP contribution in [0.5, 0.6) is 0 Å². The molecular weight excluding hydrogens is 308 g/mol. The zero-order valence-electron chi connectivity index (χ0n) is 10.2. The summed E-state index contributed by atoms with van der Waals surface area (Å²) in [5.74, 6) is 0. The van der Waals surface area contributed by atoms with E-state index >= 15 is 0 Å². The number of aromatic amines is 1. The van der Waals surface area contributed by atoms with E-state index < -0.39 is 10.6 Å². The van der Waals surface area contributed by atoms with Crippen LogP contribution in [0, 0.1) is 10.1 Å². The first kappa shape index (κ1) is 14.5. The van der Waals surface area contributed by atoms with Crippen LogP contribution >= 0.6 is 23.4 Å². The summed E-state index contributed by atoms with van der Waals surface area (Å²) in [4.78, 5) is 29.2. The molecular formula is C9H9ClN6O3S. The van der Waals surface area contributed by atoms with Crippen LogP contribution in [0.1, 0.15) is 13.3 Å². The first-order valence-electron chi connectivity index (χ1n) is 5.52. The van der Waals surface area contributed by atoms with Crippen LogP contribution in [0.3, 0.4) is 0 Å². The molecule has 0 bridgehead atoms. The second-order valence-corrected chi connectivity index (χ2v) is 4.95. The lowest BCUT2D eigenvalue weighted by Gasteiger charge is -2.03. The van der Waals surface area contributed by atoms with Crippen LogP contribution in [-0.2, 0) is 6.54 Å². The Morgan fingerprint density at radius 1 is 1.55 bits per heavy atom. The molecule has 2 aromatic rings. The third kappa shape index (κ3) is 2.80. The van der Waals surface area contributed by atoms with Crippen molar-refractivity contribution >= 4 is 29.1 Å². The van der Waals surface area contributed by atoms with Crippen molar-refractivity contribution in [1.82, 2.24) is 24.7 Å². The first-order valence-corrected chi connectivity index (χ1v) is 6.72. The summed E-state index contributed by atoms with van der Waals surface area (Å²) in [5.41, 5.74) is -0.783. The van der Waals surface area contributed by atoms with Gasteiger partial charge in [0.2, 0.25) is 5.15 Å². The second-order valence-electron chi connectivity index (χ2n) is 3.64. The molecule has 0 saturated heterocycles. The molecule has 0 atom stereocenters. The Hall–Kier alpha value is -1.94. The highest BCUT2D eigenvalue weighted by Crippen LogP contribution is 2.34. The number of nitrogens with one attached hydrogen (secondary N) is 1. The summed E-state index contributed by atoms with van der Waals surface area (Å²) in [6.45, 7) is 2.35. The molecule has 11 heteroatoms. The zero-order valence-corrected chi connectivity index (χ0v) is 11.8. The van der Waals surface area contributed by atoms with Crippen molar-refractivity contribution in [2.45, 2.75) is 30.1 Å². The number of halogens is 1. The van der Waals surface area contributed by atoms with Crippen LogP contribution in [0.15, 0.2) is 21.3 Å². The number of aromatic nitrogens is 5. The molecule has 0 fully saturated rings. The lowest BCUT2D eigenvalue weighted by molar-refractivity contribution is -0.388. The van der Waals surface area contributed by atoms with Crippen LogP contribution in [-0.4, -0.2) is 29.7 Å². The number of hydrogen-bond acceptors (Lipinski definition) is 7. The maximum Gasteiger partial charge on any atom is 0.343 e. The molecule has 9 nitrogen and oxygen atoms in total. The van der Waals surface area contributed by atoms with Gasteiger partial charge in [-0.2, -0.15) is 0 Å². The number of nitro groups is 1. The number of H-pyrrole nitrogens is 1. The zero-order chi connectivity index (χ0) is 14.7. The Balaban J connectivity index is 2.43. The third-order valence-corrected chi connectivity index (χ3v) is 3.55. The minimum atomic E-state index is -0.667. The van der Waals surface area contributed by atoms with E-state index in [0.29, 0.717) is 6.54 Å². The summed E-state index contributed by atoms with van der Waals surface area (Å²) in [6.07, 6.45) is 1.84. The van der Waals surface area contributed by atoms with Crippen LogP contribution in [0.25, 0.3) is 0 Å². The fourth-order valence-corrected chi connectivity index (χ4v) is 2.63. The molecule has 0 aliphatic carbocycles. The molecule has 20 heavy (non-hydrogen) atoms. The summed E-state index contributed by atoms with van der Waals surface area (Å²) in [7, 11) is 0. The van der Waals surface area contributed by atoms with Gasteiger partial charge >= 0.3 is 11.4 Å². The van der Waals surface area contributed by atoms with Gasteiger partial charge in [-0.3, -0.25) is 14.7 Å². The molecule has 0 unspecified atom stereocenters. The summed E-state index contributed by atoms with van der Waals surface area (Å²) in [5, 5.41) is 17.2. The van der Waals surface area contributed by atoms with Gasteiger partial charge in [-0.1, -0.05) is 18.5 Å². The Morgan fingerprint density at radius 2 is 2.30 bits per heavy atom. The first-order chi connectivity index (χ1) is 9.54. The molecule has 0 saturated carbocycles. The molecule has 106 valence electrons.